The summed E-state index contributed by atoms with van der Waals surface area (Å²) in [4.78, 5) is 12.3. The Morgan fingerprint density at radius 2 is 1.55 bits per heavy atom. The van der Waals surface area contributed by atoms with Crippen molar-refractivity contribution in [1.82, 2.24) is 5.32 Å². The van der Waals surface area contributed by atoms with Crippen LogP contribution in [0, 0.1) is 5.92 Å². The Balaban J connectivity index is 2.08. The molecule has 0 radical (unpaired) electrons. The number of carbonyl (C=O) groups excluding carboxylic acids is 1. The number of aliphatic hydroxyl groups excluding tert-OH is 1. The average Bonchev–Trinajstić information content (AvgIpc) is 2.58. The predicted octanol–water partition coefficient (Wildman–Crippen LogP) is 3.07. The predicted molar refractivity (Wildman–Crippen MR) is 87.7 cm³/mol. The van der Waals surface area contributed by atoms with Crippen LogP contribution < -0.4 is 5.32 Å². The van der Waals surface area contributed by atoms with Crippen molar-refractivity contribution in [2.24, 2.45) is 5.92 Å². The maximum absolute atomic E-state index is 12.3. The number of amides is 1. The van der Waals surface area contributed by atoms with Gasteiger partial charge in [-0.3, -0.25) is 4.79 Å². The molecular formula is C19H19NO2. The molecule has 0 bridgehead atoms. The molecule has 0 saturated heterocycles. The van der Waals surface area contributed by atoms with Gasteiger partial charge < -0.3 is 10.4 Å². The van der Waals surface area contributed by atoms with Crippen LogP contribution in [-0.4, -0.2) is 17.6 Å². The Kier molecular flexibility index (Phi) is 4.35. The number of benzene rings is 2. The largest absolute Gasteiger partial charge is 0.396 e. The standard InChI is InChI=1S/C19H19NO2/c21-12-11-16-13-17(14-7-3-1-4-8-14)18(20-19(16)22)15-9-5-2-6-10-15/h1-10,16,21H,11-13H2,(H,20,22). The number of allylic oxidation sites excluding steroid dienone is 1. The molecule has 1 aliphatic heterocycles. The van der Waals surface area contributed by atoms with E-state index in [2.05, 4.69) is 17.4 Å². The molecule has 1 atom stereocenters. The van der Waals surface area contributed by atoms with Gasteiger partial charge in [-0.25, -0.2) is 0 Å². The summed E-state index contributed by atoms with van der Waals surface area (Å²) < 4.78 is 0. The average molecular weight is 293 g/mol. The van der Waals surface area contributed by atoms with E-state index in [1.54, 1.807) is 0 Å². The lowest BCUT2D eigenvalue weighted by molar-refractivity contribution is -0.124. The summed E-state index contributed by atoms with van der Waals surface area (Å²) in [6.07, 6.45) is 1.14. The Morgan fingerprint density at radius 3 is 2.14 bits per heavy atom. The topological polar surface area (TPSA) is 49.3 Å². The van der Waals surface area contributed by atoms with E-state index in [4.69, 9.17) is 0 Å². The third-order valence-electron chi connectivity index (χ3n) is 4.03. The van der Waals surface area contributed by atoms with Gasteiger partial charge in [0.25, 0.3) is 0 Å². The van der Waals surface area contributed by atoms with E-state index < -0.39 is 0 Å². The third-order valence-corrected chi connectivity index (χ3v) is 4.03. The highest BCUT2D eigenvalue weighted by Gasteiger charge is 2.28. The minimum absolute atomic E-state index is 0.00687. The molecule has 3 nitrogen and oxygen atoms in total. The van der Waals surface area contributed by atoms with Gasteiger partial charge in [0, 0.05) is 12.5 Å². The fourth-order valence-corrected chi connectivity index (χ4v) is 2.88. The number of rotatable bonds is 4. The van der Waals surface area contributed by atoms with Gasteiger partial charge in [0.1, 0.15) is 0 Å². The number of hydrogen-bond donors (Lipinski definition) is 2. The van der Waals surface area contributed by atoms with E-state index in [9.17, 15) is 9.90 Å². The lowest BCUT2D eigenvalue weighted by Gasteiger charge is -2.27. The molecule has 22 heavy (non-hydrogen) atoms. The quantitative estimate of drug-likeness (QED) is 0.910. The van der Waals surface area contributed by atoms with E-state index in [0.717, 1.165) is 22.4 Å². The summed E-state index contributed by atoms with van der Waals surface area (Å²) in [6.45, 7) is 0.0286. The maximum Gasteiger partial charge on any atom is 0.227 e. The lowest BCUT2D eigenvalue weighted by atomic mass is 9.85. The van der Waals surface area contributed by atoms with Gasteiger partial charge in [-0.1, -0.05) is 60.7 Å². The van der Waals surface area contributed by atoms with Gasteiger partial charge in [0.2, 0.25) is 5.91 Å². The lowest BCUT2D eigenvalue weighted by Crippen LogP contribution is -2.35. The molecule has 0 aromatic heterocycles. The molecule has 3 heteroatoms. The molecule has 2 aromatic carbocycles. The van der Waals surface area contributed by atoms with Crippen molar-refractivity contribution in [2.45, 2.75) is 12.8 Å². The highest BCUT2D eigenvalue weighted by Crippen LogP contribution is 2.34. The first-order chi connectivity index (χ1) is 10.8. The minimum Gasteiger partial charge on any atom is -0.396 e. The van der Waals surface area contributed by atoms with Crippen LogP contribution in [0.5, 0.6) is 0 Å². The van der Waals surface area contributed by atoms with Crippen molar-refractivity contribution in [1.29, 1.82) is 0 Å². The first-order valence-electron chi connectivity index (χ1n) is 7.55. The van der Waals surface area contributed by atoms with Crippen LogP contribution in [0.1, 0.15) is 24.0 Å². The molecule has 2 aromatic rings. The van der Waals surface area contributed by atoms with Crippen LogP contribution in [0.3, 0.4) is 0 Å². The molecule has 2 N–H and O–H groups in total. The van der Waals surface area contributed by atoms with Gasteiger partial charge in [-0.05, 0) is 29.5 Å². The summed E-state index contributed by atoms with van der Waals surface area (Å²) in [5.74, 6) is -0.180. The number of nitrogens with one attached hydrogen (secondary N) is 1. The molecule has 0 saturated carbocycles. The van der Waals surface area contributed by atoms with Crippen LogP contribution in [0.2, 0.25) is 0 Å². The van der Waals surface area contributed by atoms with Crippen molar-refractivity contribution in [3.63, 3.8) is 0 Å². The Morgan fingerprint density at radius 1 is 0.955 bits per heavy atom. The molecule has 1 aliphatic rings. The molecule has 0 spiro atoms. The van der Waals surface area contributed by atoms with Crippen LogP contribution in [0.4, 0.5) is 0 Å². The molecule has 1 unspecified atom stereocenters. The van der Waals surface area contributed by atoms with Crippen molar-refractivity contribution in [3.05, 3.63) is 71.8 Å². The van der Waals surface area contributed by atoms with Gasteiger partial charge >= 0.3 is 0 Å². The smallest absolute Gasteiger partial charge is 0.227 e. The maximum atomic E-state index is 12.3. The molecule has 112 valence electrons. The fraction of sp³-hybridized carbons (Fsp3) is 0.211. The van der Waals surface area contributed by atoms with Gasteiger partial charge in [0.15, 0.2) is 0 Å². The monoisotopic (exact) mass is 293 g/mol. The Hall–Kier alpha value is -2.39. The second-order valence-corrected chi connectivity index (χ2v) is 5.49. The molecule has 1 heterocycles. The van der Waals surface area contributed by atoms with Crippen molar-refractivity contribution in [3.8, 4) is 0 Å². The van der Waals surface area contributed by atoms with E-state index >= 15 is 0 Å². The van der Waals surface area contributed by atoms with E-state index in [1.165, 1.54) is 0 Å². The Labute approximate surface area is 130 Å². The van der Waals surface area contributed by atoms with Crippen LogP contribution >= 0.6 is 0 Å². The van der Waals surface area contributed by atoms with Crippen LogP contribution in [0.15, 0.2) is 60.7 Å². The highest BCUT2D eigenvalue weighted by atomic mass is 16.3. The van der Waals surface area contributed by atoms with Gasteiger partial charge in [-0.15, -0.1) is 0 Å². The second-order valence-electron chi connectivity index (χ2n) is 5.49. The van der Waals surface area contributed by atoms with E-state index in [-0.39, 0.29) is 18.4 Å². The van der Waals surface area contributed by atoms with Crippen molar-refractivity contribution in [2.75, 3.05) is 6.61 Å². The van der Waals surface area contributed by atoms with Crippen LogP contribution in [-0.2, 0) is 4.79 Å². The number of aliphatic hydroxyl groups is 1. The zero-order chi connectivity index (χ0) is 15.4. The van der Waals surface area contributed by atoms with Crippen LogP contribution in [0.25, 0.3) is 11.3 Å². The van der Waals surface area contributed by atoms with Crippen molar-refractivity contribution < 1.29 is 9.90 Å². The van der Waals surface area contributed by atoms with Gasteiger partial charge in [0.05, 0.1) is 5.70 Å². The highest BCUT2D eigenvalue weighted by molar-refractivity contribution is 6.02. The summed E-state index contributed by atoms with van der Waals surface area (Å²) in [5.41, 5.74) is 4.14. The summed E-state index contributed by atoms with van der Waals surface area (Å²) in [5, 5.41) is 12.2. The fourth-order valence-electron chi connectivity index (χ4n) is 2.88. The molecule has 1 amide bonds. The summed E-state index contributed by atoms with van der Waals surface area (Å²) >= 11 is 0. The normalized spacial score (nSPS) is 18.2. The summed E-state index contributed by atoms with van der Waals surface area (Å²) in [6, 6.07) is 20.0. The number of carbonyl (C=O) groups is 1. The SMILES string of the molecule is O=C1NC(c2ccccc2)=C(c2ccccc2)CC1CCO. The minimum atomic E-state index is -0.173. The first-order valence-corrected chi connectivity index (χ1v) is 7.55. The molecule has 0 fully saturated rings. The van der Waals surface area contributed by atoms with Gasteiger partial charge in [-0.2, -0.15) is 0 Å². The summed E-state index contributed by atoms with van der Waals surface area (Å²) in [7, 11) is 0. The molecular weight excluding hydrogens is 274 g/mol. The second kappa shape index (κ2) is 6.58. The molecule has 3 rings (SSSR count). The zero-order valence-electron chi connectivity index (χ0n) is 12.3. The Bertz CT molecular complexity index is 677. The number of hydrogen-bond acceptors (Lipinski definition) is 2. The first kappa shape index (κ1) is 14.5. The third kappa shape index (κ3) is 2.95. The zero-order valence-corrected chi connectivity index (χ0v) is 12.3. The van der Waals surface area contributed by atoms with Crippen molar-refractivity contribution >= 4 is 17.2 Å². The van der Waals surface area contributed by atoms with E-state index in [1.807, 2.05) is 48.5 Å². The van der Waals surface area contributed by atoms with E-state index in [0.29, 0.717) is 12.8 Å². The molecule has 0 aliphatic carbocycles.